The van der Waals surface area contributed by atoms with Crippen molar-refractivity contribution in [2.75, 3.05) is 40.1 Å². The number of methoxy groups -OCH3 is 1. The summed E-state index contributed by atoms with van der Waals surface area (Å²) in [6.45, 7) is 3.29. The molecule has 2 atom stereocenters. The van der Waals surface area contributed by atoms with Crippen LogP contribution in [0.4, 0.5) is 0 Å². The number of rotatable bonds is 6. The summed E-state index contributed by atoms with van der Waals surface area (Å²) in [6, 6.07) is 0.158. The Morgan fingerprint density at radius 3 is 3.07 bits per heavy atom. The van der Waals surface area contributed by atoms with Gasteiger partial charge in [0.05, 0.1) is 19.8 Å². The van der Waals surface area contributed by atoms with Crippen molar-refractivity contribution < 1.29 is 14.6 Å². The Balaban J connectivity index is 2.21. The van der Waals surface area contributed by atoms with Crippen molar-refractivity contribution in [3.05, 3.63) is 0 Å². The Labute approximate surface area is 85.6 Å². The van der Waals surface area contributed by atoms with Crippen molar-refractivity contribution in [1.82, 2.24) is 5.32 Å². The second-order valence-corrected chi connectivity index (χ2v) is 3.71. The van der Waals surface area contributed by atoms with Crippen LogP contribution in [0, 0.1) is 5.92 Å². The second-order valence-electron chi connectivity index (χ2n) is 3.71. The lowest BCUT2D eigenvalue weighted by atomic mass is 9.94. The van der Waals surface area contributed by atoms with Gasteiger partial charge in [-0.25, -0.2) is 0 Å². The molecule has 14 heavy (non-hydrogen) atoms. The summed E-state index contributed by atoms with van der Waals surface area (Å²) in [6.07, 6.45) is 2.25. The summed E-state index contributed by atoms with van der Waals surface area (Å²) in [7, 11) is 1.68. The number of hydrogen-bond donors (Lipinski definition) is 2. The first-order chi connectivity index (χ1) is 6.88. The maximum atomic E-state index is 9.22. The molecule has 0 aromatic rings. The van der Waals surface area contributed by atoms with Crippen molar-refractivity contribution in [3.8, 4) is 0 Å². The van der Waals surface area contributed by atoms with E-state index in [1.807, 2.05) is 0 Å². The first kappa shape index (κ1) is 11.9. The molecule has 0 spiro atoms. The number of aliphatic hydroxyl groups excluding tert-OH is 1. The SMILES string of the molecule is COCCNC(CO)C1CCCOC1. The Bertz CT molecular complexity index is 137. The van der Waals surface area contributed by atoms with E-state index in [1.54, 1.807) is 7.11 Å². The van der Waals surface area contributed by atoms with Gasteiger partial charge in [-0.15, -0.1) is 0 Å². The number of ether oxygens (including phenoxy) is 2. The molecule has 1 aliphatic rings. The van der Waals surface area contributed by atoms with Gasteiger partial charge < -0.3 is 19.9 Å². The highest BCUT2D eigenvalue weighted by molar-refractivity contribution is 4.77. The third kappa shape index (κ3) is 3.92. The van der Waals surface area contributed by atoms with Gasteiger partial charge in [0.2, 0.25) is 0 Å². The molecule has 2 N–H and O–H groups in total. The third-order valence-corrected chi connectivity index (χ3v) is 2.67. The minimum absolute atomic E-state index is 0.158. The third-order valence-electron chi connectivity index (χ3n) is 2.67. The number of aliphatic hydroxyl groups is 1. The average Bonchev–Trinajstić information content (AvgIpc) is 2.26. The van der Waals surface area contributed by atoms with E-state index in [4.69, 9.17) is 9.47 Å². The molecule has 1 fully saturated rings. The van der Waals surface area contributed by atoms with Gasteiger partial charge in [-0.05, 0) is 18.8 Å². The first-order valence-corrected chi connectivity index (χ1v) is 5.29. The van der Waals surface area contributed by atoms with E-state index in [2.05, 4.69) is 5.32 Å². The maximum absolute atomic E-state index is 9.22. The van der Waals surface area contributed by atoms with Gasteiger partial charge in [0, 0.05) is 26.3 Å². The van der Waals surface area contributed by atoms with Crippen LogP contribution in [0.15, 0.2) is 0 Å². The molecular weight excluding hydrogens is 182 g/mol. The summed E-state index contributed by atoms with van der Waals surface area (Å²) in [5.41, 5.74) is 0. The summed E-state index contributed by atoms with van der Waals surface area (Å²) in [4.78, 5) is 0. The lowest BCUT2D eigenvalue weighted by Crippen LogP contribution is -2.44. The van der Waals surface area contributed by atoms with Crippen LogP contribution in [0.5, 0.6) is 0 Å². The highest BCUT2D eigenvalue weighted by Crippen LogP contribution is 2.17. The fourth-order valence-corrected chi connectivity index (χ4v) is 1.81. The molecule has 0 radical (unpaired) electrons. The number of nitrogens with one attached hydrogen (secondary N) is 1. The van der Waals surface area contributed by atoms with Crippen LogP contribution in [-0.4, -0.2) is 51.2 Å². The normalized spacial score (nSPS) is 24.9. The molecule has 0 saturated carbocycles. The van der Waals surface area contributed by atoms with Crippen molar-refractivity contribution in [2.45, 2.75) is 18.9 Å². The van der Waals surface area contributed by atoms with Crippen LogP contribution in [0.3, 0.4) is 0 Å². The fraction of sp³-hybridized carbons (Fsp3) is 1.00. The van der Waals surface area contributed by atoms with E-state index >= 15 is 0 Å². The molecule has 84 valence electrons. The van der Waals surface area contributed by atoms with E-state index in [9.17, 15) is 5.11 Å². The van der Waals surface area contributed by atoms with Crippen LogP contribution in [-0.2, 0) is 9.47 Å². The van der Waals surface area contributed by atoms with E-state index in [0.717, 1.165) is 32.6 Å². The highest BCUT2D eigenvalue weighted by atomic mass is 16.5. The van der Waals surface area contributed by atoms with E-state index in [0.29, 0.717) is 12.5 Å². The smallest absolute Gasteiger partial charge is 0.0588 e. The Morgan fingerprint density at radius 2 is 2.50 bits per heavy atom. The summed E-state index contributed by atoms with van der Waals surface area (Å²) < 4.78 is 10.3. The molecule has 2 unspecified atom stereocenters. The van der Waals surface area contributed by atoms with Gasteiger partial charge in [-0.2, -0.15) is 0 Å². The number of hydrogen-bond acceptors (Lipinski definition) is 4. The maximum Gasteiger partial charge on any atom is 0.0588 e. The second kappa shape index (κ2) is 7.17. The van der Waals surface area contributed by atoms with Crippen molar-refractivity contribution in [2.24, 2.45) is 5.92 Å². The standard InChI is InChI=1S/C10H21NO3/c1-13-6-4-11-10(7-12)9-3-2-5-14-8-9/h9-12H,2-8H2,1H3. The van der Waals surface area contributed by atoms with E-state index in [1.165, 1.54) is 0 Å². The molecule has 1 rings (SSSR count). The molecule has 0 bridgehead atoms. The van der Waals surface area contributed by atoms with Gasteiger partial charge in [-0.3, -0.25) is 0 Å². The molecule has 0 amide bonds. The van der Waals surface area contributed by atoms with Crippen molar-refractivity contribution in [3.63, 3.8) is 0 Å². The topological polar surface area (TPSA) is 50.7 Å². The lowest BCUT2D eigenvalue weighted by molar-refractivity contribution is 0.0270. The van der Waals surface area contributed by atoms with Gasteiger partial charge >= 0.3 is 0 Å². The van der Waals surface area contributed by atoms with Gasteiger partial charge in [0.25, 0.3) is 0 Å². The Hall–Kier alpha value is -0.160. The Kier molecular flexibility index (Phi) is 6.10. The first-order valence-electron chi connectivity index (χ1n) is 5.29. The molecule has 1 heterocycles. The molecule has 0 aromatic carbocycles. The Morgan fingerprint density at radius 1 is 1.64 bits per heavy atom. The quantitative estimate of drug-likeness (QED) is 0.597. The summed E-state index contributed by atoms with van der Waals surface area (Å²) >= 11 is 0. The molecule has 4 heteroatoms. The van der Waals surface area contributed by atoms with E-state index < -0.39 is 0 Å². The van der Waals surface area contributed by atoms with Gasteiger partial charge in [0.1, 0.15) is 0 Å². The van der Waals surface area contributed by atoms with Crippen molar-refractivity contribution >= 4 is 0 Å². The monoisotopic (exact) mass is 203 g/mol. The van der Waals surface area contributed by atoms with Crippen LogP contribution in [0.1, 0.15) is 12.8 Å². The predicted molar refractivity (Wildman–Crippen MR) is 54.3 cm³/mol. The zero-order valence-electron chi connectivity index (χ0n) is 8.87. The molecule has 0 aromatic heterocycles. The van der Waals surface area contributed by atoms with Crippen LogP contribution in [0.25, 0.3) is 0 Å². The summed E-state index contributed by atoms with van der Waals surface area (Å²) in [5.74, 6) is 0.450. The zero-order valence-corrected chi connectivity index (χ0v) is 8.87. The fourth-order valence-electron chi connectivity index (χ4n) is 1.81. The minimum atomic E-state index is 0.158. The van der Waals surface area contributed by atoms with Gasteiger partial charge in [-0.1, -0.05) is 0 Å². The predicted octanol–water partition coefficient (Wildman–Crippen LogP) is 0.00990. The van der Waals surface area contributed by atoms with Crippen molar-refractivity contribution in [1.29, 1.82) is 0 Å². The van der Waals surface area contributed by atoms with Crippen LogP contribution >= 0.6 is 0 Å². The molecule has 0 aliphatic carbocycles. The van der Waals surface area contributed by atoms with Gasteiger partial charge in [0.15, 0.2) is 0 Å². The van der Waals surface area contributed by atoms with Crippen LogP contribution in [0.2, 0.25) is 0 Å². The summed E-state index contributed by atoms with van der Waals surface area (Å²) in [5, 5.41) is 12.5. The zero-order chi connectivity index (χ0) is 10.2. The molecule has 4 nitrogen and oxygen atoms in total. The molecule has 1 aliphatic heterocycles. The average molecular weight is 203 g/mol. The largest absolute Gasteiger partial charge is 0.395 e. The van der Waals surface area contributed by atoms with E-state index in [-0.39, 0.29) is 12.6 Å². The molecular formula is C10H21NO3. The highest BCUT2D eigenvalue weighted by Gasteiger charge is 2.22. The molecule has 1 saturated heterocycles. The minimum Gasteiger partial charge on any atom is -0.395 e. The van der Waals surface area contributed by atoms with Crippen LogP contribution < -0.4 is 5.32 Å². The lowest BCUT2D eigenvalue weighted by Gasteiger charge is -2.29.